The van der Waals surface area contributed by atoms with Crippen molar-refractivity contribution in [2.75, 3.05) is 6.61 Å². The first-order valence-corrected chi connectivity index (χ1v) is 7.45. The van der Waals surface area contributed by atoms with E-state index >= 15 is 0 Å². The molecule has 0 aliphatic carbocycles. The van der Waals surface area contributed by atoms with E-state index in [0.29, 0.717) is 11.6 Å². The lowest BCUT2D eigenvalue weighted by molar-refractivity contribution is -0.145. The maximum absolute atomic E-state index is 11.9. The Labute approximate surface area is 121 Å². The molecule has 1 aromatic carbocycles. The van der Waals surface area contributed by atoms with E-state index in [-0.39, 0.29) is 11.9 Å². The molecule has 0 N–H and O–H groups in total. The summed E-state index contributed by atoms with van der Waals surface area (Å²) in [7, 11) is 0. The van der Waals surface area contributed by atoms with Crippen LogP contribution >= 0.6 is 11.6 Å². The molecule has 0 saturated heterocycles. The van der Waals surface area contributed by atoms with Crippen LogP contribution in [-0.4, -0.2) is 12.6 Å². The topological polar surface area (TPSA) is 26.3 Å². The number of rotatable bonds is 8. The second-order valence-electron chi connectivity index (χ2n) is 4.86. The summed E-state index contributed by atoms with van der Waals surface area (Å²) < 4.78 is 5.30. The van der Waals surface area contributed by atoms with Crippen molar-refractivity contribution in [3.63, 3.8) is 0 Å². The Morgan fingerprint density at radius 1 is 1.26 bits per heavy atom. The molecule has 0 fully saturated rings. The highest BCUT2D eigenvalue weighted by Gasteiger charge is 2.16. The van der Waals surface area contributed by atoms with Crippen molar-refractivity contribution in [3.8, 4) is 0 Å². The molecule has 0 spiro atoms. The second kappa shape index (κ2) is 8.98. The van der Waals surface area contributed by atoms with Crippen molar-refractivity contribution in [1.82, 2.24) is 0 Å². The molecular weight excluding hydrogens is 260 g/mol. The second-order valence-corrected chi connectivity index (χ2v) is 5.29. The predicted octanol–water partition coefficient (Wildman–Crippen LogP) is 4.96. The molecule has 2 nitrogen and oxygen atoms in total. The summed E-state index contributed by atoms with van der Waals surface area (Å²) in [6, 6.07) is 7.37. The van der Waals surface area contributed by atoms with Gasteiger partial charge in [0.05, 0.1) is 12.5 Å². The van der Waals surface area contributed by atoms with Crippen LogP contribution < -0.4 is 0 Å². The van der Waals surface area contributed by atoms with Crippen LogP contribution in [0.15, 0.2) is 24.3 Å². The first-order chi connectivity index (χ1) is 9.15. The predicted molar refractivity (Wildman–Crippen MR) is 79.6 cm³/mol. The van der Waals surface area contributed by atoms with Crippen molar-refractivity contribution in [1.29, 1.82) is 0 Å². The number of hydrogen-bond acceptors (Lipinski definition) is 2. The largest absolute Gasteiger partial charge is 0.465 e. The summed E-state index contributed by atoms with van der Waals surface area (Å²) in [6.07, 6.45) is 5.79. The van der Waals surface area contributed by atoms with Crippen LogP contribution in [0.1, 0.15) is 57.4 Å². The fraction of sp³-hybridized carbons (Fsp3) is 0.562. The summed E-state index contributed by atoms with van der Waals surface area (Å²) in [5, 5.41) is 0.650. The molecule has 0 bridgehead atoms. The molecule has 3 heteroatoms. The van der Waals surface area contributed by atoms with Crippen molar-refractivity contribution in [2.24, 2.45) is 0 Å². The van der Waals surface area contributed by atoms with E-state index in [4.69, 9.17) is 16.3 Å². The van der Waals surface area contributed by atoms with Crippen molar-refractivity contribution < 1.29 is 9.53 Å². The SMILES string of the molecule is CCCCCCCOC(=O)C(C)c1cccc(Cl)c1. The van der Waals surface area contributed by atoms with Gasteiger partial charge in [-0.1, -0.05) is 56.3 Å². The van der Waals surface area contributed by atoms with Gasteiger partial charge in [0.2, 0.25) is 0 Å². The van der Waals surface area contributed by atoms with Gasteiger partial charge in [0.25, 0.3) is 0 Å². The Hall–Kier alpha value is -1.02. The lowest BCUT2D eigenvalue weighted by Gasteiger charge is -2.12. The van der Waals surface area contributed by atoms with E-state index in [1.54, 1.807) is 6.07 Å². The van der Waals surface area contributed by atoms with E-state index in [9.17, 15) is 4.79 Å². The Balaban J connectivity index is 2.29. The lowest BCUT2D eigenvalue weighted by atomic mass is 10.0. The van der Waals surface area contributed by atoms with Gasteiger partial charge in [0.1, 0.15) is 0 Å². The Morgan fingerprint density at radius 3 is 2.68 bits per heavy atom. The van der Waals surface area contributed by atoms with Gasteiger partial charge in [-0.3, -0.25) is 4.79 Å². The van der Waals surface area contributed by atoms with Crippen molar-refractivity contribution in [2.45, 2.75) is 51.9 Å². The molecule has 0 aromatic heterocycles. The minimum atomic E-state index is -0.255. The Morgan fingerprint density at radius 2 is 2.00 bits per heavy atom. The number of carbonyl (C=O) groups is 1. The first-order valence-electron chi connectivity index (χ1n) is 7.07. The summed E-state index contributed by atoms with van der Waals surface area (Å²) in [5.41, 5.74) is 0.906. The summed E-state index contributed by atoms with van der Waals surface area (Å²) in [4.78, 5) is 11.9. The minimum absolute atomic E-state index is 0.169. The number of hydrogen-bond donors (Lipinski definition) is 0. The van der Waals surface area contributed by atoms with E-state index < -0.39 is 0 Å². The monoisotopic (exact) mass is 282 g/mol. The molecule has 19 heavy (non-hydrogen) atoms. The molecular formula is C16H23ClO2. The normalized spacial score (nSPS) is 12.2. The number of esters is 1. The van der Waals surface area contributed by atoms with Crippen LogP contribution in [-0.2, 0) is 9.53 Å². The van der Waals surface area contributed by atoms with E-state index in [0.717, 1.165) is 18.4 Å². The van der Waals surface area contributed by atoms with Crippen LogP contribution in [0.3, 0.4) is 0 Å². The number of halogens is 1. The van der Waals surface area contributed by atoms with Gasteiger partial charge < -0.3 is 4.74 Å². The third-order valence-electron chi connectivity index (χ3n) is 3.19. The smallest absolute Gasteiger partial charge is 0.313 e. The maximum Gasteiger partial charge on any atom is 0.313 e. The van der Waals surface area contributed by atoms with E-state index in [1.165, 1.54) is 19.3 Å². The van der Waals surface area contributed by atoms with Gasteiger partial charge in [-0.05, 0) is 31.0 Å². The van der Waals surface area contributed by atoms with Gasteiger partial charge in [0, 0.05) is 5.02 Å². The van der Waals surface area contributed by atoms with Gasteiger partial charge in [-0.15, -0.1) is 0 Å². The molecule has 1 unspecified atom stereocenters. The molecule has 1 rings (SSSR count). The van der Waals surface area contributed by atoms with Gasteiger partial charge in [-0.2, -0.15) is 0 Å². The van der Waals surface area contributed by atoms with Crippen LogP contribution in [0, 0.1) is 0 Å². The van der Waals surface area contributed by atoms with Crippen LogP contribution in [0.5, 0.6) is 0 Å². The highest BCUT2D eigenvalue weighted by atomic mass is 35.5. The molecule has 1 aromatic rings. The summed E-state index contributed by atoms with van der Waals surface area (Å²) in [6.45, 7) is 4.56. The van der Waals surface area contributed by atoms with Crippen LogP contribution in [0.4, 0.5) is 0 Å². The molecule has 0 aliphatic rings. The number of benzene rings is 1. The molecule has 106 valence electrons. The molecule has 1 atom stereocenters. The molecule has 0 radical (unpaired) electrons. The zero-order valence-corrected chi connectivity index (χ0v) is 12.6. The molecule has 0 amide bonds. The average molecular weight is 283 g/mol. The van der Waals surface area contributed by atoms with Crippen LogP contribution in [0.25, 0.3) is 0 Å². The van der Waals surface area contributed by atoms with Gasteiger partial charge >= 0.3 is 5.97 Å². The van der Waals surface area contributed by atoms with Gasteiger partial charge in [-0.25, -0.2) is 0 Å². The zero-order valence-electron chi connectivity index (χ0n) is 11.8. The van der Waals surface area contributed by atoms with Crippen molar-refractivity contribution in [3.05, 3.63) is 34.9 Å². The molecule has 0 aliphatic heterocycles. The zero-order chi connectivity index (χ0) is 14.1. The third kappa shape index (κ3) is 6.11. The average Bonchev–Trinajstić information content (AvgIpc) is 2.41. The summed E-state index contributed by atoms with van der Waals surface area (Å²) in [5.74, 6) is -0.424. The third-order valence-corrected chi connectivity index (χ3v) is 3.43. The standard InChI is InChI=1S/C16H23ClO2/c1-3-4-5-6-7-11-19-16(18)13(2)14-9-8-10-15(17)12-14/h8-10,12-13H,3-7,11H2,1-2H3. The Kier molecular flexibility index (Phi) is 7.57. The Bertz CT molecular complexity index is 390. The minimum Gasteiger partial charge on any atom is -0.465 e. The van der Waals surface area contributed by atoms with E-state index in [2.05, 4.69) is 6.92 Å². The fourth-order valence-corrected chi connectivity index (χ4v) is 2.11. The number of unbranched alkanes of at least 4 members (excludes halogenated alkanes) is 4. The summed E-state index contributed by atoms with van der Waals surface area (Å²) >= 11 is 5.92. The lowest BCUT2D eigenvalue weighted by Crippen LogP contribution is -2.14. The molecule has 0 saturated carbocycles. The maximum atomic E-state index is 11.9. The van der Waals surface area contributed by atoms with Crippen LogP contribution in [0.2, 0.25) is 5.02 Å². The fourth-order valence-electron chi connectivity index (χ4n) is 1.92. The number of carbonyl (C=O) groups excluding carboxylic acids is 1. The van der Waals surface area contributed by atoms with E-state index in [1.807, 2.05) is 25.1 Å². The van der Waals surface area contributed by atoms with Gasteiger partial charge in [0.15, 0.2) is 0 Å². The highest BCUT2D eigenvalue weighted by molar-refractivity contribution is 6.30. The quantitative estimate of drug-likeness (QED) is 0.498. The van der Waals surface area contributed by atoms with Crippen molar-refractivity contribution >= 4 is 17.6 Å². The number of ether oxygens (including phenoxy) is 1. The first kappa shape index (κ1) is 16.0. The highest BCUT2D eigenvalue weighted by Crippen LogP contribution is 2.20. The molecule has 0 heterocycles.